The molecule has 2 saturated carbocycles. The van der Waals surface area contributed by atoms with Crippen molar-refractivity contribution in [2.45, 2.75) is 50.3 Å². The highest BCUT2D eigenvalue weighted by Gasteiger charge is 2.35. The van der Waals surface area contributed by atoms with Crippen LogP contribution in [0.5, 0.6) is 0 Å². The lowest BCUT2D eigenvalue weighted by atomic mass is 9.89. The van der Waals surface area contributed by atoms with Gasteiger partial charge in [-0.05, 0) is 25.7 Å². The van der Waals surface area contributed by atoms with Crippen molar-refractivity contribution in [3.63, 3.8) is 0 Å². The van der Waals surface area contributed by atoms with Gasteiger partial charge in [0.1, 0.15) is 0 Å². The van der Waals surface area contributed by atoms with Crippen LogP contribution in [-0.4, -0.2) is 42.4 Å². The molecule has 3 N–H and O–H groups in total. The Bertz CT molecular complexity index is 328. The Labute approximate surface area is 106 Å². The Morgan fingerprint density at radius 3 is 2.56 bits per heavy atom. The SMILES string of the molecule is COC1CC(NC(=O)NC2CCCC2C(=O)O)C1. The second-order valence-electron chi connectivity index (χ2n) is 5.13. The average Bonchev–Trinajstić information content (AvgIpc) is 2.70. The number of rotatable bonds is 4. The van der Waals surface area contributed by atoms with Gasteiger partial charge < -0.3 is 20.5 Å². The van der Waals surface area contributed by atoms with Crippen LogP contribution in [0.25, 0.3) is 0 Å². The van der Waals surface area contributed by atoms with Crippen molar-refractivity contribution >= 4 is 12.0 Å². The number of hydrogen-bond donors (Lipinski definition) is 3. The van der Waals surface area contributed by atoms with Gasteiger partial charge in [-0.1, -0.05) is 6.42 Å². The summed E-state index contributed by atoms with van der Waals surface area (Å²) < 4.78 is 5.13. The quantitative estimate of drug-likeness (QED) is 0.691. The second kappa shape index (κ2) is 5.56. The number of carbonyl (C=O) groups is 2. The number of carboxylic acids is 1. The second-order valence-corrected chi connectivity index (χ2v) is 5.13. The lowest BCUT2D eigenvalue weighted by Gasteiger charge is -2.34. The fourth-order valence-corrected chi connectivity index (χ4v) is 2.70. The highest BCUT2D eigenvalue weighted by atomic mass is 16.5. The van der Waals surface area contributed by atoms with E-state index >= 15 is 0 Å². The molecule has 2 aliphatic rings. The van der Waals surface area contributed by atoms with E-state index in [1.54, 1.807) is 7.11 Å². The lowest BCUT2D eigenvalue weighted by molar-refractivity contribution is -0.142. The van der Waals surface area contributed by atoms with Crippen LogP contribution in [0.4, 0.5) is 4.79 Å². The van der Waals surface area contributed by atoms with Gasteiger partial charge in [0.15, 0.2) is 0 Å². The van der Waals surface area contributed by atoms with Gasteiger partial charge in [-0.25, -0.2) is 4.79 Å². The molecule has 0 aromatic carbocycles. The molecule has 6 nitrogen and oxygen atoms in total. The van der Waals surface area contributed by atoms with E-state index in [4.69, 9.17) is 9.84 Å². The number of ether oxygens (including phenoxy) is 1. The van der Waals surface area contributed by atoms with E-state index in [-0.39, 0.29) is 24.2 Å². The summed E-state index contributed by atoms with van der Waals surface area (Å²) in [6.07, 6.45) is 4.16. The molecule has 0 saturated heterocycles. The Balaban J connectivity index is 1.72. The first-order valence-electron chi connectivity index (χ1n) is 6.42. The third-order valence-corrected chi connectivity index (χ3v) is 3.91. The van der Waals surface area contributed by atoms with Gasteiger partial charge in [-0.3, -0.25) is 4.79 Å². The summed E-state index contributed by atoms with van der Waals surface area (Å²) in [4.78, 5) is 22.7. The van der Waals surface area contributed by atoms with Crippen molar-refractivity contribution in [3.8, 4) is 0 Å². The van der Waals surface area contributed by atoms with Gasteiger partial charge in [0.05, 0.1) is 12.0 Å². The molecule has 0 radical (unpaired) electrons. The normalized spacial score (nSPS) is 34.7. The third kappa shape index (κ3) is 2.93. The number of aliphatic carboxylic acids is 1. The molecule has 0 aromatic rings. The van der Waals surface area contributed by atoms with Gasteiger partial charge in [0, 0.05) is 19.2 Å². The van der Waals surface area contributed by atoms with Crippen molar-refractivity contribution in [3.05, 3.63) is 0 Å². The Morgan fingerprint density at radius 2 is 1.94 bits per heavy atom. The van der Waals surface area contributed by atoms with Crippen LogP contribution in [-0.2, 0) is 9.53 Å². The van der Waals surface area contributed by atoms with E-state index in [9.17, 15) is 9.59 Å². The molecule has 0 bridgehead atoms. The number of urea groups is 1. The van der Waals surface area contributed by atoms with Crippen molar-refractivity contribution < 1.29 is 19.4 Å². The fourth-order valence-electron chi connectivity index (χ4n) is 2.70. The molecule has 102 valence electrons. The smallest absolute Gasteiger partial charge is 0.315 e. The molecule has 2 aliphatic carbocycles. The lowest BCUT2D eigenvalue weighted by Crippen LogP contribution is -2.53. The van der Waals surface area contributed by atoms with E-state index in [1.807, 2.05) is 0 Å². The average molecular weight is 256 g/mol. The standard InChI is InChI=1S/C12H20N2O4/c1-18-8-5-7(6-8)13-12(17)14-10-4-2-3-9(10)11(15)16/h7-10H,2-6H2,1H3,(H,15,16)(H2,13,14,17). The number of carbonyl (C=O) groups excluding carboxylic acids is 1. The van der Waals surface area contributed by atoms with Crippen LogP contribution in [0.2, 0.25) is 0 Å². The number of carboxylic acid groups (broad SMARTS) is 1. The van der Waals surface area contributed by atoms with E-state index in [1.165, 1.54) is 0 Å². The summed E-state index contributed by atoms with van der Waals surface area (Å²) in [6, 6.07) is -0.340. The molecule has 0 spiro atoms. The highest BCUT2D eigenvalue weighted by Crippen LogP contribution is 2.26. The minimum absolute atomic E-state index is 0.152. The van der Waals surface area contributed by atoms with Gasteiger partial charge >= 0.3 is 12.0 Å². The van der Waals surface area contributed by atoms with Gasteiger partial charge in [0.2, 0.25) is 0 Å². The largest absolute Gasteiger partial charge is 0.481 e. The molecule has 2 fully saturated rings. The zero-order chi connectivity index (χ0) is 13.1. The summed E-state index contributed by atoms with van der Waals surface area (Å²) in [7, 11) is 1.66. The predicted molar refractivity (Wildman–Crippen MR) is 64.3 cm³/mol. The number of hydrogen-bond acceptors (Lipinski definition) is 3. The Morgan fingerprint density at radius 1 is 1.22 bits per heavy atom. The molecular formula is C12H20N2O4. The zero-order valence-electron chi connectivity index (χ0n) is 10.5. The van der Waals surface area contributed by atoms with Gasteiger partial charge in [0.25, 0.3) is 0 Å². The summed E-state index contributed by atoms with van der Waals surface area (Å²) in [5, 5.41) is 14.6. The van der Waals surface area contributed by atoms with Crippen LogP contribution >= 0.6 is 0 Å². The zero-order valence-corrected chi connectivity index (χ0v) is 10.5. The maximum absolute atomic E-state index is 11.7. The summed E-state index contributed by atoms with van der Waals surface area (Å²) >= 11 is 0. The van der Waals surface area contributed by atoms with E-state index in [0.717, 1.165) is 25.7 Å². The first-order chi connectivity index (χ1) is 8.60. The first kappa shape index (κ1) is 13.1. The van der Waals surface area contributed by atoms with E-state index in [2.05, 4.69) is 10.6 Å². The van der Waals surface area contributed by atoms with Crippen molar-refractivity contribution in [2.75, 3.05) is 7.11 Å². The summed E-state index contributed by atoms with van der Waals surface area (Å²) in [5.41, 5.74) is 0. The molecular weight excluding hydrogens is 236 g/mol. The van der Waals surface area contributed by atoms with Crippen molar-refractivity contribution in [2.24, 2.45) is 5.92 Å². The topological polar surface area (TPSA) is 87.7 Å². The molecule has 2 rings (SSSR count). The summed E-state index contributed by atoms with van der Waals surface area (Å²) in [6.45, 7) is 0. The Hall–Kier alpha value is -1.30. The Kier molecular flexibility index (Phi) is 4.06. The monoisotopic (exact) mass is 256 g/mol. The van der Waals surface area contributed by atoms with Crippen LogP contribution in [0.3, 0.4) is 0 Å². The minimum atomic E-state index is -0.819. The fraction of sp³-hybridized carbons (Fsp3) is 0.833. The number of nitrogens with one attached hydrogen (secondary N) is 2. The van der Waals surface area contributed by atoms with Crippen LogP contribution < -0.4 is 10.6 Å². The van der Waals surface area contributed by atoms with Crippen LogP contribution in [0.15, 0.2) is 0 Å². The van der Waals surface area contributed by atoms with Crippen LogP contribution in [0.1, 0.15) is 32.1 Å². The van der Waals surface area contributed by atoms with Crippen molar-refractivity contribution in [1.82, 2.24) is 10.6 Å². The maximum atomic E-state index is 11.7. The molecule has 2 atom stereocenters. The van der Waals surface area contributed by atoms with E-state index < -0.39 is 11.9 Å². The minimum Gasteiger partial charge on any atom is -0.481 e. The molecule has 2 unspecified atom stereocenters. The summed E-state index contributed by atoms with van der Waals surface area (Å²) in [5.74, 6) is -1.26. The first-order valence-corrected chi connectivity index (χ1v) is 6.42. The molecule has 18 heavy (non-hydrogen) atoms. The van der Waals surface area contributed by atoms with E-state index in [0.29, 0.717) is 6.42 Å². The third-order valence-electron chi connectivity index (χ3n) is 3.91. The molecule has 0 aromatic heterocycles. The molecule has 6 heteroatoms. The van der Waals surface area contributed by atoms with Gasteiger partial charge in [-0.2, -0.15) is 0 Å². The number of methoxy groups -OCH3 is 1. The molecule has 0 aliphatic heterocycles. The van der Waals surface area contributed by atoms with Crippen molar-refractivity contribution in [1.29, 1.82) is 0 Å². The maximum Gasteiger partial charge on any atom is 0.315 e. The molecule has 2 amide bonds. The van der Waals surface area contributed by atoms with Crippen LogP contribution in [0, 0.1) is 5.92 Å². The molecule has 0 heterocycles. The number of amides is 2. The van der Waals surface area contributed by atoms with Gasteiger partial charge in [-0.15, -0.1) is 0 Å². The highest BCUT2D eigenvalue weighted by molar-refractivity contribution is 5.77. The predicted octanol–water partition coefficient (Wildman–Crippen LogP) is 0.716.